The average Bonchev–Trinajstić information content (AvgIpc) is 3.53. The van der Waals surface area contributed by atoms with Gasteiger partial charge < -0.3 is 23.6 Å². The van der Waals surface area contributed by atoms with Crippen molar-refractivity contribution in [2.24, 2.45) is 5.92 Å². The van der Waals surface area contributed by atoms with Crippen molar-refractivity contribution in [3.05, 3.63) is 59.3 Å². The molecule has 0 aliphatic carbocycles. The van der Waals surface area contributed by atoms with Crippen LogP contribution < -0.4 is 14.4 Å². The van der Waals surface area contributed by atoms with Crippen LogP contribution in [0.4, 0.5) is 5.69 Å². The first-order valence-electron chi connectivity index (χ1n) is 10.4. The number of aromatic nitrogens is 1. The highest BCUT2D eigenvalue weighted by molar-refractivity contribution is 5.99. The van der Waals surface area contributed by atoms with Gasteiger partial charge in [-0.15, -0.1) is 0 Å². The number of aryl methyl sites for hydroxylation is 2. The van der Waals surface area contributed by atoms with Crippen molar-refractivity contribution in [1.82, 2.24) is 5.16 Å². The zero-order chi connectivity index (χ0) is 22.2. The summed E-state index contributed by atoms with van der Waals surface area (Å²) in [5.74, 6) is 0.851. The van der Waals surface area contributed by atoms with E-state index in [0.29, 0.717) is 29.5 Å². The fourth-order valence-corrected chi connectivity index (χ4v) is 3.84. The van der Waals surface area contributed by atoms with Crippen LogP contribution in [-0.4, -0.2) is 30.4 Å². The molecule has 0 saturated carbocycles. The lowest BCUT2D eigenvalue weighted by molar-refractivity contribution is -0.149. The predicted molar refractivity (Wildman–Crippen MR) is 114 cm³/mol. The van der Waals surface area contributed by atoms with Crippen LogP contribution in [0.2, 0.25) is 0 Å². The van der Waals surface area contributed by atoms with Crippen molar-refractivity contribution in [1.29, 1.82) is 0 Å². The van der Waals surface area contributed by atoms with Gasteiger partial charge in [0.25, 0.3) is 0 Å². The Hall–Kier alpha value is -3.81. The van der Waals surface area contributed by atoms with Crippen LogP contribution in [0.25, 0.3) is 11.3 Å². The number of benzene rings is 2. The van der Waals surface area contributed by atoms with Gasteiger partial charge in [0, 0.05) is 30.3 Å². The second-order valence-electron chi connectivity index (χ2n) is 8.03. The summed E-state index contributed by atoms with van der Waals surface area (Å²) >= 11 is 0. The van der Waals surface area contributed by atoms with Crippen molar-refractivity contribution < 1.29 is 28.3 Å². The fraction of sp³-hybridized carbons (Fsp3) is 0.292. The quantitative estimate of drug-likeness (QED) is 0.564. The number of carbonyl (C=O) groups excluding carboxylic acids is 2. The molecule has 0 N–H and O–H groups in total. The van der Waals surface area contributed by atoms with E-state index in [4.69, 9.17) is 18.7 Å². The summed E-state index contributed by atoms with van der Waals surface area (Å²) in [7, 11) is 0. The topological polar surface area (TPSA) is 91.1 Å². The molecule has 1 fully saturated rings. The Morgan fingerprint density at radius 3 is 2.78 bits per heavy atom. The minimum absolute atomic E-state index is 0.0266. The summed E-state index contributed by atoms with van der Waals surface area (Å²) in [6.45, 7) is 4.50. The van der Waals surface area contributed by atoms with Crippen molar-refractivity contribution in [2.75, 3.05) is 18.2 Å². The van der Waals surface area contributed by atoms with E-state index in [-0.39, 0.29) is 25.7 Å². The predicted octanol–water partition coefficient (Wildman–Crippen LogP) is 3.78. The van der Waals surface area contributed by atoms with Crippen molar-refractivity contribution in [3.63, 3.8) is 0 Å². The number of fused-ring (bicyclic) bond motifs is 1. The van der Waals surface area contributed by atoms with E-state index < -0.39 is 11.9 Å². The molecule has 0 bridgehead atoms. The van der Waals surface area contributed by atoms with E-state index in [1.807, 2.05) is 44.2 Å². The summed E-state index contributed by atoms with van der Waals surface area (Å²) in [6.07, 6.45) is 0.132. The number of ether oxygens (including phenoxy) is 3. The van der Waals surface area contributed by atoms with Gasteiger partial charge in [-0.3, -0.25) is 9.59 Å². The van der Waals surface area contributed by atoms with Gasteiger partial charge in [0.1, 0.15) is 12.3 Å². The minimum atomic E-state index is -0.510. The molecule has 1 atom stereocenters. The number of esters is 1. The monoisotopic (exact) mass is 434 g/mol. The summed E-state index contributed by atoms with van der Waals surface area (Å²) in [4.78, 5) is 26.7. The molecule has 164 valence electrons. The molecule has 2 aliphatic rings. The highest BCUT2D eigenvalue weighted by Gasteiger charge is 2.36. The van der Waals surface area contributed by atoms with Gasteiger partial charge in [-0.05, 0) is 55.3 Å². The van der Waals surface area contributed by atoms with Crippen LogP contribution in [0.15, 0.2) is 47.0 Å². The van der Waals surface area contributed by atoms with Crippen molar-refractivity contribution in [2.45, 2.75) is 26.9 Å². The van der Waals surface area contributed by atoms with E-state index in [0.717, 1.165) is 22.4 Å². The van der Waals surface area contributed by atoms with Gasteiger partial charge in [-0.2, -0.15) is 0 Å². The third kappa shape index (κ3) is 3.79. The van der Waals surface area contributed by atoms with Gasteiger partial charge in [-0.1, -0.05) is 11.2 Å². The second-order valence-corrected chi connectivity index (χ2v) is 8.03. The first kappa shape index (κ1) is 20.1. The molecule has 2 aliphatic heterocycles. The molecule has 8 heteroatoms. The number of rotatable bonds is 5. The van der Waals surface area contributed by atoms with Gasteiger partial charge in [-0.25, -0.2) is 0 Å². The maximum absolute atomic E-state index is 12.6. The number of hydrogen-bond donors (Lipinski definition) is 0. The molecule has 0 radical (unpaired) electrons. The van der Waals surface area contributed by atoms with Crippen LogP contribution >= 0.6 is 0 Å². The third-order valence-electron chi connectivity index (χ3n) is 5.84. The Morgan fingerprint density at radius 1 is 1.09 bits per heavy atom. The Bertz CT molecular complexity index is 1200. The number of nitrogens with zero attached hydrogens (tertiary/aromatic N) is 2. The van der Waals surface area contributed by atoms with E-state index in [2.05, 4.69) is 5.16 Å². The molecule has 5 rings (SSSR count). The van der Waals surface area contributed by atoms with Crippen LogP contribution in [0, 0.1) is 19.8 Å². The van der Waals surface area contributed by atoms with Crippen molar-refractivity contribution >= 4 is 17.6 Å². The summed E-state index contributed by atoms with van der Waals surface area (Å²) in [5, 5.41) is 3.98. The van der Waals surface area contributed by atoms with Gasteiger partial charge in [0.2, 0.25) is 12.7 Å². The highest BCUT2D eigenvalue weighted by Crippen LogP contribution is 2.36. The van der Waals surface area contributed by atoms with Crippen LogP contribution in [0.5, 0.6) is 11.5 Å². The molecule has 8 nitrogen and oxygen atoms in total. The number of anilines is 1. The maximum atomic E-state index is 12.6. The third-order valence-corrected chi connectivity index (χ3v) is 5.84. The molecule has 32 heavy (non-hydrogen) atoms. The lowest BCUT2D eigenvalue weighted by Crippen LogP contribution is -2.26. The molecule has 1 saturated heterocycles. The standard InChI is InChI=1S/C24H22N2O6/c1-14-3-5-19(7-15(14)2)26-11-17(9-23(26)27)24(28)29-12-18-10-21(32-25-18)16-4-6-20-22(8-16)31-13-30-20/h3-8,10,17H,9,11-13H2,1-2H3. The summed E-state index contributed by atoms with van der Waals surface area (Å²) < 4.78 is 21.5. The average molecular weight is 434 g/mol. The van der Waals surface area contributed by atoms with E-state index >= 15 is 0 Å². The molecule has 1 amide bonds. The second kappa shape index (κ2) is 8.03. The van der Waals surface area contributed by atoms with Gasteiger partial charge in [0.05, 0.1) is 5.92 Å². The van der Waals surface area contributed by atoms with Crippen LogP contribution in [0.1, 0.15) is 23.2 Å². The molecule has 0 spiro atoms. The molecule has 3 heterocycles. The number of carbonyl (C=O) groups is 2. The van der Waals surface area contributed by atoms with Crippen LogP contribution in [0.3, 0.4) is 0 Å². The molecule has 1 aromatic heterocycles. The molecular weight excluding hydrogens is 412 g/mol. The number of hydrogen-bond acceptors (Lipinski definition) is 7. The molecule has 1 unspecified atom stereocenters. The Labute approximate surface area is 184 Å². The fourth-order valence-electron chi connectivity index (χ4n) is 3.84. The Kier molecular flexibility index (Phi) is 5.05. The van der Waals surface area contributed by atoms with E-state index in [1.54, 1.807) is 17.0 Å². The lowest BCUT2D eigenvalue weighted by Gasteiger charge is -2.17. The van der Waals surface area contributed by atoms with E-state index in [1.165, 1.54) is 0 Å². The first-order chi connectivity index (χ1) is 15.5. The lowest BCUT2D eigenvalue weighted by atomic mass is 10.1. The van der Waals surface area contributed by atoms with Crippen LogP contribution in [-0.2, 0) is 20.9 Å². The van der Waals surface area contributed by atoms with Crippen molar-refractivity contribution in [3.8, 4) is 22.8 Å². The zero-order valence-electron chi connectivity index (χ0n) is 17.8. The number of amides is 1. The smallest absolute Gasteiger partial charge is 0.311 e. The normalized spacial score (nSPS) is 17.1. The summed E-state index contributed by atoms with van der Waals surface area (Å²) in [5.41, 5.74) is 4.33. The molecule has 3 aromatic rings. The zero-order valence-corrected chi connectivity index (χ0v) is 17.8. The largest absolute Gasteiger partial charge is 0.459 e. The van der Waals surface area contributed by atoms with Gasteiger partial charge in [0.15, 0.2) is 17.3 Å². The Balaban J connectivity index is 1.20. The molecular formula is C24H22N2O6. The van der Waals surface area contributed by atoms with E-state index in [9.17, 15) is 9.59 Å². The first-order valence-corrected chi connectivity index (χ1v) is 10.4. The summed E-state index contributed by atoms with van der Waals surface area (Å²) in [6, 6.07) is 13.0. The molecule has 2 aromatic carbocycles. The minimum Gasteiger partial charge on any atom is -0.459 e. The SMILES string of the molecule is Cc1ccc(N2CC(C(=O)OCc3cc(-c4ccc5c(c4)OCO5)on3)CC2=O)cc1C. The van der Waals surface area contributed by atoms with Gasteiger partial charge >= 0.3 is 5.97 Å². The maximum Gasteiger partial charge on any atom is 0.311 e. The highest BCUT2D eigenvalue weighted by atomic mass is 16.7. The Morgan fingerprint density at radius 2 is 1.94 bits per heavy atom.